The van der Waals surface area contributed by atoms with Gasteiger partial charge >= 0.3 is 0 Å². The van der Waals surface area contributed by atoms with Crippen molar-refractivity contribution in [3.63, 3.8) is 0 Å². The van der Waals surface area contributed by atoms with Crippen LogP contribution in [0, 0.1) is 18.3 Å². The number of rotatable bonds is 6. The van der Waals surface area contributed by atoms with Crippen molar-refractivity contribution >= 4 is 23.4 Å². The average Bonchev–Trinajstić information content (AvgIpc) is 3.06. The lowest BCUT2D eigenvalue weighted by Crippen LogP contribution is -2.32. The Morgan fingerprint density at radius 1 is 1.19 bits per heavy atom. The van der Waals surface area contributed by atoms with Crippen LogP contribution in [0.2, 0.25) is 0 Å². The Morgan fingerprint density at radius 3 is 2.56 bits per heavy atom. The summed E-state index contributed by atoms with van der Waals surface area (Å²) in [6, 6.07) is 18.9. The SMILES string of the molecule is Cc1ccc(-c2nnc(SCC(=O)N(CC#N)c3ccccc3)n2N)cc1. The largest absolute Gasteiger partial charge is 0.335 e. The molecule has 2 aromatic carbocycles. The number of nitrogens with two attached hydrogens (primary N) is 1. The predicted octanol–water partition coefficient (Wildman–Crippen LogP) is 2.62. The van der Waals surface area contributed by atoms with Gasteiger partial charge in [-0.2, -0.15) is 5.26 Å². The number of nitrogen functional groups attached to an aromatic ring is 1. The monoisotopic (exact) mass is 378 g/mol. The maximum atomic E-state index is 12.6. The highest BCUT2D eigenvalue weighted by Gasteiger charge is 2.18. The summed E-state index contributed by atoms with van der Waals surface area (Å²) < 4.78 is 1.37. The third kappa shape index (κ3) is 4.27. The van der Waals surface area contributed by atoms with Gasteiger partial charge in [0.25, 0.3) is 0 Å². The normalized spacial score (nSPS) is 10.4. The van der Waals surface area contributed by atoms with Crippen LogP contribution in [0.4, 0.5) is 5.69 Å². The van der Waals surface area contributed by atoms with Crippen molar-refractivity contribution in [2.24, 2.45) is 0 Å². The summed E-state index contributed by atoms with van der Waals surface area (Å²) in [5.74, 6) is 6.52. The average molecular weight is 378 g/mol. The van der Waals surface area contributed by atoms with Gasteiger partial charge in [0.2, 0.25) is 11.1 Å². The second-order valence-electron chi connectivity index (χ2n) is 5.80. The van der Waals surface area contributed by atoms with Gasteiger partial charge < -0.3 is 5.84 Å². The molecule has 8 heteroatoms. The number of carbonyl (C=O) groups excluding carboxylic acids is 1. The number of nitrogens with zero attached hydrogens (tertiary/aromatic N) is 5. The summed E-state index contributed by atoms with van der Waals surface area (Å²) >= 11 is 1.19. The Labute approximate surface area is 161 Å². The summed E-state index contributed by atoms with van der Waals surface area (Å²) in [5.41, 5.74) is 2.67. The number of anilines is 1. The highest BCUT2D eigenvalue weighted by Crippen LogP contribution is 2.23. The second-order valence-corrected chi connectivity index (χ2v) is 6.75. The fraction of sp³-hybridized carbons (Fsp3) is 0.158. The third-order valence-electron chi connectivity index (χ3n) is 3.90. The van der Waals surface area contributed by atoms with E-state index in [1.807, 2.05) is 55.5 Å². The van der Waals surface area contributed by atoms with Gasteiger partial charge in [0.15, 0.2) is 5.82 Å². The zero-order valence-electron chi connectivity index (χ0n) is 14.7. The first-order valence-electron chi connectivity index (χ1n) is 8.23. The highest BCUT2D eigenvalue weighted by molar-refractivity contribution is 7.99. The van der Waals surface area contributed by atoms with Crippen molar-refractivity contribution in [2.45, 2.75) is 12.1 Å². The second kappa shape index (κ2) is 8.38. The first-order valence-corrected chi connectivity index (χ1v) is 9.21. The lowest BCUT2D eigenvalue weighted by Gasteiger charge is -2.19. The van der Waals surface area contributed by atoms with E-state index in [1.54, 1.807) is 12.1 Å². The van der Waals surface area contributed by atoms with Crippen LogP contribution < -0.4 is 10.7 Å². The van der Waals surface area contributed by atoms with Gasteiger partial charge in [-0.1, -0.05) is 59.8 Å². The maximum Gasteiger partial charge on any atom is 0.238 e. The molecule has 0 atom stereocenters. The number of carbonyl (C=O) groups is 1. The molecule has 1 aromatic heterocycles. The molecule has 136 valence electrons. The lowest BCUT2D eigenvalue weighted by atomic mass is 10.1. The van der Waals surface area contributed by atoms with Gasteiger partial charge in [-0.25, -0.2) is 4.68 Å². The van der Waals surface area contributed by atoms with Crippen LogP contribution in [0.3, 0.4) is 0 Å². The van der Waals surface area contributed by atoms with Crippen LogP contribution in [-0.4, -0.2) is 33.1 Å². The summed E-state index contributed by atoms with van der Waals surface area (Å²) in [4.78, 5) is 14.0. The minimum Gasteiger partial charge on any atom is -0.335 e. The Kier molecular flexibility index (Phi) is 5.74. The van der Waals surface area contributed by atoms with Crippen LogP contribution in [-0.2, 0) is 4.79 Å². The number of thioether (sulfide) groups is 1. The van der Waals surface area contributed by atoms with E-state index in [0.717, 1.165) is 11.1 Å². The Bertz CT molecular complexity index is 962. The van der Waals surface area contributed by atoms with Crippen LogP contribution in [0.25, 0.3) is 11.4 Å². The Morgan fingerprint density at radius 2 is 1.89 bits per heavy atom. The zero-order valence-corrected chi connectivity index (χ0v) is 15.6. The number of aryl methyl sites for hydroxylation is 1. The minimum atomic E-state index is -0.201. The highest BCUT2D eigenvalue weighted by atomic mass is 32.2. The molecule has 0 radical (unpaired) electrons. The van der Waals surface area contributed by atoms with Crippen molar-refractivity contribution in [3.8, 4) is 17.5 Å². The summed E-state index contributed by atoms with van der Waals surface area (Å²) in [6.07, 6.45) is 0. The van der Waals surface area contributed by atoms with Gasteiger partial charge in [0, 0.05) is 11.3 Å². The molecule has 0 unspecified atom stereocenters. The number of amides is 1. The van der Waals surface area contributed by atoms with Crippen molar-refractivity contribution in [1.29, 1.82) is 5.26 Å². The standard InChI is InChI=1S/C19H18N6OS/c1-14-7-9-15(10-8-14)18-22-23-19(25(18)21)27-13-17(26)24(12-11-20)16-5-3-2-4-6-16/h2-10H,12-13,21H2,1H3. The molecule has 0 spiro atoms. The van der Waals surface area contributed by atoms with Gasteiger partial charge in [-0.05, 0) is 19.1 Å². The molecule has 1 heterocycles. The first-order chi connectivity index (χ1) is 13.1. The molecule has 0 saturated carbocycles. The Balaban J connectivity index is 1.72. The van der Waals surface area contributed by atoms with Crippen molar-refractivity contribution < 1.29 is 4.79 Å². The summed E-state index contributed by atoms with van der Waals surface area (Å²) in [5, 5.41) is 17.7. The van der Waals surface area contributed by atoms with E-state index in [9.17, 15) is 4.79 Å². The smallest absolute Gasteiger partial charge is 0.238 e. The van der Waals surface area contributed by atoms with E-state index >= 15 is 0 Å². The molecule has 0 fully saturated rings. The number of hydrogen-bond donors (Lipinski definition) is 1. The van der Waals surface area contributed by atoms with Gasteiger partial charge in [-0.3, -0.25) is 9.69 Å². The van der Waals surface area contributed by atoms with E-state index < -0.39 is 0 Å². The fourth-order valence-electron chi connectivity index (χ4n) is 2.48. The molecule has 3 rings (SSSR count). The molecule has 2 N–H and O–H groups in total. The third-order valence-corrected chi connectivity index (χ3v) is 4.82. The molecule has 0 aliphatic carbocycles. The van der Waals surface area contributed by atoms with Crippen molar-refractivity contribution in [1.82, 2.24) is 14.9 Å². The molecular formula is C19H18N6OS. The number of hydrogen-bond acceptors (Lipinski definition) is 6. The van der Waals surface area contributed by atoms with E-state index in [4.69, 9.17) is 11.1 Å². The molecule has 0 aliphatic heterocycles. The lowest BCUT2D eigenvalue weighted by molar-refractivity contribution is -0.116. The van der Waals surface area contributed by atoms with E-state index in [0.29, 0.717) is 16.7 Å². The molecule has 3 aromatic rings. The molecule has 0 saturated heterocycles. The topological polar surface area (TPSA) is 101 Å². The number of para-hydroxylation sites is 1. The molecular weight excluding hydrogens is 360 g/mol. The van der Waals surface area contributed by atoms with Crippen LogP contribution in [0.1, 0.15) is 5.56 Å². The quantitative estimate of drug-likeness (QED) is 0.402. The molecule has 7 nitrogen and oxygen atoms in total. The molecule has 1 amide bonds. The van der Waals surface area contributed by atoms with E-state index in [1.165, 1.54) is 21.3 Å². The van der Waals surface area contributed by atoms with Gasteiger partial charge in [-0.15, -0.1) is 10.2 Å². The van der Waals surface area contributed by atoms with Gasteiger partial charge in [0.1, 0.15) is 6.54 Å². The fourth-order valence-corrected chi connectivity index (χ4v) is 3.21. The molecule has 0 bridgehead atoms. The predicted molar refractivity (Wildman–Crippen MR) is 105 cm³/mol. The van der Waals surface area contributed by atoms with Crippen LogP contribution in [0.15, 0.2) is 59.8 Å². The van der Waals surface area contributed by atoms with Crippen LogP contribution in [0.5, 0.6) is 0 Å². The Hall–Kier alpha value is -3.31. The zero-order chi connectivity index (χ0) is 19.2. The first kappa shape index (κ1) is 18.5. The molecule has 0 aliphatic rings. The van der Waals surface area contributed by atoms with Gasteiger partial charge in [0.05, 0.1) is 11.8 Å². The van der Waals surface area contributed by atoms with E-state index in [-0.39, 0.29) is 18.2 Å². The van der Waals surface area contributed by atoms with E-state index in [2.05, 4.69) is 10.2 Å². The summed E-state index contributed by atoms with van der Waals surface area (Å²) in [6.45, 7) is 1.98. The van der Waals surface area contributed by atoms with Crippen molar-refractivity contribution in [2.75, 3.05) is 23.0 Å². The minimum absolute atomic E-state index is 0.0205. The maximum absolute atomic E-state index is 12.6. The van der Waals surface area contributed by atoms with Crippen molar-refractivity contribution in [3.05, 3.63) is 60.2 Å². The van der Waals surface area contributed by atoms with Crippen LogP contribution >= 0.6 is 11.8 Å². The number of nitriles is 1. The molecule has 27 heavy (non-hydrogen) atoms. The number of benzene rings is 2. The number of aromatic nitrogens is 3. The summed E-state index contributed by atoms with van der Waals surface area (Å²) in [7, 11) is 0.